The lowest BCUT2D eigenvalue weighted by Crippen LogP contribution is -2.34. The van der Waals surface area contributed by atoms with Crippen molar-refractivity contribution in [3.63, 3.8) is 0 Å². The molecule has 0 aromatic heterocycles. The largest absolute Gasteiger partial charge is 0.492 e. The highest BCUT2D eigenvalue weighted by Gasteiger charge is 2.25. The number of amides is 1. The summed E-state index contributed by atoms with van der Waals surface area (Å²) in [6.07, 6.45) is 2.14. The van der Waals surface area contributed by atoms with E-state index >= 15 is 0 Å². The molecule has 0 aliphatic carbocycles. The van der Waals surface area contributed by atoms with Crippen LogP contribution in [0.15, 0.2) is 42.5 Å². The molecule has 7 heteroatoms. The molecule has 0 unspecified atom stereocenters. The monoisotopic (exact) mass is 383 g/mol. The van der Waals surface area contributed by atoms with Crippen LogP contribution in [-0.4, -0.2) is 30.5 Å². The molecule has 0 radical (unpaired) electrons. The van der Waals surface area contributed by atoms with Crippen molar-refractivity contribution in [2.75, 3.05) is 29.9 Å². The molecule has 28 heavy (non-hydrogen) atoms. The van der Waals surface area contributed by atoms with Gasteiger partial charge in [-0.05, 0) is 49.9 Å². The highest BCUT2D eigenvalue weighted by Crippen LogP contribution is 2.33. The maximum Gasteiger partial charge on any atom is 0.293 e. The van der Waals surface area contributed by atoms with Crippen molar-refractivity contribution in [3.05, 3.63) is 58.1 Å². The summed E-state index contributed by atoms with van der Waals surface area (Å²) in [6, 6.07) is 11.8. The number of nitrogens with zero attached hydrogens (tertiary/aromatic N) is 2. The van der Waals surface area contributed by atoms with E-state index in [2.05, 4.69) is 12.2 Å². The van der Waals surface area contributed by atoms with E-state index in [1.807, 2.05) is 17.9 Å². The highest BCUT2D eigenvalue weighted by atomic mass is 16.6. The van der Waals surface area contributed by atoms with Gasteiger partial charge in [-0.2, -0.15) is 0 Å². The number of carbonyl (C=O) groups excluding carboxylic acids is 1. The summed E-state index contributed by atoms with van der Waals surface area (Å²) >= 11 is 0. The average molecular weight is 383 g/mol. The SMILES string of the molecule is CCOc1ccccc1NC(=O)c1ccc(N2CCC[C@@H](C)C2)c([N+](=O)[O-])c1. The van der Waals surface area contributed by atoms with Gasteiger partial charge in [0, 0.05) is 24.7 Å². The number of para-hydroxylation sites is 2. The van der Waals surface area contributed by atoms with E-state index in [1.54, 1.807) is 30.3 Å². The Morgan fingerprint density at radius 2 is 2.11 bits per heavy atom. The summed E-state index contributed by atoms with van der Waals surface area (Å²) in [5, 5.41) is 14.4. The second kappa shape index (κ2) is 8.73. The molecule has 1 aliphatic rings. The summed E-state index contributed by atoms with van der Waals surface area (Å²) < 4.78 is 5.51. The highest BCUT2D eigenvalue weighted by molar-refractivity contribution is 6.05. The predicted octanol–water partition coefficient (Wildman–Crippen LogP) is 4.48. The Balaban J connectivity index is 1.85. The van der Waals surface area contributed by atoms with Gasteiger partial charge >= 0.3 is 0 Å². The molecule has 7 nitrogen and oxygen atoms in total. The Morgan fingerprint density at radius 1 is 1.32 bits per heavy atom. The molecule has 1 atom stereocenters. The van der Waals surface area contributed by atoms with Crippen LogP contribution in [0.25, 0.3) is 0 Å². The lowest BCUT2D eigenvalue weighted by molar-refractivity contribution is -0.384. The molecule has 148 valence electrons. The molecule has 1 heterocycles. The first kappa shape index (κ1) is 19.7. The molecular formula is C21H25N3O4. The lowest BCUT2D eigenvalue weighted by Gasteiger charge is -2.32. The number of rotatable bonds is 6. The van der Waals surface area contributed by atoms with E-state index in [-0.39, 0.29) is 11.3 Å². The zero-order chi connectivity index (χ0) is 20.1. The summed E-state index contributed by atoms with van der Waals surface area (Å²) in [6.45, 7) is 6.06. The van der Waals surface area contributed by atoms with Crippen LogP contribution in [0.1, 0.15) is 37.0 Å². The minimum Gasteiger partial charge on any atom is -0.492 e. The molecule has 0 saturated carbocycles. The summed E-state index contributed by atoms with van der Waals surface area (Å²) in [5.74, 6) is 0.645. The van der Waals surface area contributed by atoms with Crippen LogP contribution in [-0.2, 0) is 0 Å². The van der Waals surface area contributed by atoms with Crippen molar-refractivity contribution < 1.29 is 14.5 Å². The second-order valence-corrected chi connectivity index (χ2v) is 7.04. The number of piperidine rings is 1. The fourth-order valence-corrected chi connectivity index (χ4v) is 3.53. The van der Waals surface area contributed by atoms with Gasteiger partial charge in [0.25, 0.3) is 11.6 Å². The Bertz CT molecular complexity index is 868. The number of nitro groups is 1. The number of hydrogen-bond acceptors (Lipinski definition) is 5. The Kier molecular flexibility index (Phi) is 6.13. The van der Waals surface area contributed by atoms with Crippen molar-refractivity contribution in [3.8, 4) is 5.75 Å². The number of benzene rings is 2. The van der Waals surface area contributed by atoms with Crippen molar-refractivity contribution in [2.24, 2.45) is 5.92 Å². The summed E-state index contributed by atoms with van der Waals surface area (Å²) in [5.41, 5.74) is 1.31. The van der Waals surface area contributed by atoms with E-state index < -0.39 is 10.8 Å². The molecule has 0 spiro atoms. The van der Waals surface area contributed by atoms with Crippen LogP contribution in [0.3, 0.4) is 0 Å². The lowest BCUT2D eigenvalue weighted by atomic mass is 9.99. The second-order valence-electron chi connectivity index (χ2n) is 7.04. The molecule has 2 aromatic rings. The first-order valence-corrected chi connectivity index (χ1v) is 9.56. The molecule has 3 rings (SSSR count). The standard InChI is InChI=1S/C21H25N3O4/c1-3-28-20-9-5-4-8-17(20)22-21(25)16-10-11-18(19(13-16)24(26)27)23-12-6-7-15(2)14-23/h4-5,8-11,13,15H,3,6-7,12,14H2,1-2H3,(H,22,25)/t15-/m1/s1. The zero-order valence-electron chi connectivity index (χ0n) is 16.2. The van der Waals surface area contributed by atoms with Gasteiger partial charge in [-0.25, -0.2) is 0 Å². The van der Waals surface area contributed by atoms with Gasteiger partial charge in [-0.3, -0.25) is 14.9 Å². The van der Waals surface area contributed by atoms with E-state index in [0.29, 0.717) is 29.6 Å². The van der Waals surface area contributed by atoms with E-state index in [9.17, 15) is 14.9 Å². The molecule has 1 aliphatic heterocycles. The number of hydrogen-bond donors (Lipinski definition) is 1. The van der Waals surface area contributed by atoms with Gasteiger partial charge in [0.05, 0.1) is 17.2 Å². The summed E-state index contributed by atoms with van der Waals surface area (Å²) in [7, 11) is 0. The van der Waals surface area contributed by atoms with Crippen molar-refractivity contribution >= 4 is 23.0 Å². The Hall–Kier alpha value is -3.09. The van der Waals surface area contributed by atoms with Crippen molar-refractivity contribution in [1.82, 2.24) is 0 Å². The smallest absolute Gasteiger partial charge is 0.293 e. The third-order valence-electron chi connectivity index (χ3n) is 4.87. The van der Waals surface area contributed by atoms with E-state index in [4.69, 9.17) is 4.74 Å². The van der Waals surface area contributed by atoms with E-state index in [0.717, 1.165) is 25.9 Å². The Labute approximate surface area is 164 Å². The fraction of sp³-hybridized carbons (Fsp3) is 0.381. The topological polar surface area (TPSA) is 84.7 Å². The number of carbonyl (C=O) groups is 1. The van der Waals surface area contributed by atoms with Crippen molar-refractivity contribution in [2.45, 2.75) is 26.7 Å². The van der Waals surface area contributed by atoms with Gasteiger partial charge in [-0.15, -0.1) is 0 Å². The molecule has 1 fully saturated rings. The minimum atomic E-state index is -0.417. The number of ether oxygens (including phenoxy) is 1. The van der Waals surface area contributed by atoms with Gasteiger partial charge in [0.2, 0.25) is 0 Å². The van der Waals surface area contributed by atoms with Crippen LogP contribution >= 0.6 is 0 Å². The van der Waals surface area contributed by atoms with Gasteiger partial charge in [0.15, 0.2) is 0 Å². The average Bonchev–Trinajstić information content (AvgIpc) is 2.69. The fourth-order valence-electron chi connectivity index (χ4n) is 3.53. The van der Waals surface area contributed by atoms with Crippen LogP contribution in [0.2, 0.25) is 0 Å². The number of anilines is 2. The molecule has 0 bridgehead atoms. The molecule has 1 saturated heterocycles. The molecular weight excluding hydrogens is 358 g/mol. The van der Waals surface area contributed by atoms with Crippen LogP contribution < -0.4 is 15.0 Å². The zero-order valence-corrected chi connectivity index (χ0v) is 16.2. The minimum absolute atomic E-state index is 0.0418. The van der Waals surface area contributed by atoms with Gasteiger partial charge in [-0.1, -0.05) is 19.1 Å². The van der Waals surface area contributed by atoms with Crippen LogP contribution in [0.5, 0.6) is 5.75 Å². The number of nitrogens with one attached hydrogen (secondary N) is 1. The molecule has 2 aromatic carbocycles. The predicted molar refractivity (Wildman–Crippen MR) is 109 cm³/mol. The maximum absolute atomic E-state index is 12.7. The third kappa shape index (κ3) is 4.42. The first-order valence-electron chi connectivity index (χ1n) is 9.56. The Morgan fingerprint density at radius 3 is 2.82 bits per heavy atom. The third-order valence-corrected chi connectivity index (χ3v) is 4.87. The van der Waals surface area contributed by atoms with Gasteiger partial charge < -0.3 is 15.0 Å². The molecule has 1 N–H and O–H groups in total. The summed E-state index contributed by atoms with van der Waals surface area (Å²) in [4.78, 5) is 26.0. The first-order chi connectivity index (χ1) is 13.5. The quantitative estimate of drug-likeness (QED) is 0.587. The van der Waals surface area contributed by atoms with E-state index in [1.165, 1.54) is 6.07 Å². The number of nitro benzene ring substituents is 1. The van der Waals surface area contributed by atoms with Crippen molar-refractivity contribution in [1.29, 1.82) is 0 Å². The van der Waals surface area contributed by atoms with Gasteiger partial charge in [0.1, 0.15) is 11.4 Å². The van der Waals surface area contributed by atoms with Crippen LogP contribution in [0, 0.1) is 16.0 Å². The normalized spacial score (nSPS) is 16.5. The van der Waals surface area contributed by atoms with Crippen LogP contribution in [0.4, 0.5) is 17.1 Å². The molecule has 1 amide bonds. The maximum atomic E-state index is 12.7.